The standard InChI is InChI=1S/C13H16F2N6O2/c1-7-4-8(12(14)15)18-21(7)6-10(22)17-9-5-20(3)19-11(9)13(23)16-2/h4-5,12H,6H2,1-3H3,(H,16,23)(H,17,22). The van der Waals surface area contributed by atoms with Gasteiger partial charge in [0.15, 0.2) is 5.69 Å². The van der Waals surface area contributed by atoms with Gasteiger partial charge in [-0.3, -0.25) is 19.0 Å². The van der Waals surface area contributed by atoms with Crippen molar-refractivity contribution in [3.63, 3.8) is 0 Å². The summed E-state index contributed by atoms with van der Waals surface area (Å²) in [6, 6.07) is 1.22. The van der Waals surface area contributed by atoms with Crippen molar-refractivity contribution in [2.45, 2.75) is 19.9 Å². The molecule has 0 aromatic carbocycles. The number of aromatic nitrogens is 4. The Morgan fingerprint density at radius 1 is 1.35 bits per heavy atom. The van der Waals surface area contributed by atoms with Gasteiger partial charge in [0.25, 0.3) is 12.3 Å². The van der Waals surface area contributed by atoms with E-state index in [-0.39, 0.29) is 23.6 Å². The van der Waals surface area contributed by atoms with E-state index in [9.17, 15) is 18.4 Å². The summed E-state index contributed by atoms with van der Waals surface area (Å²) in [6.07, 6.45) is -1.22. The first kappa shape index (κ1) is 16.6. The molecule has 2 amide bonds. The lowest BCUT2D eigenvalue weighted by atomic mass is 10.3. The number of carbonyl (C=O) groups excluding carboxylic acids is 2. The molecule has 0 bridgehead atoms. The average Bonchev–Trinajstić information content (AvgIpc) is 3.02. The number of alkyl halides is 2. The Kier molecular flexibility index (Phi) is 4.72. The topological polar surface area (TPSA) is 93.8 Å². The van der Waals surface area contributed by atoms with Crippen molar-refractivity contribution in [1.29, 1.82) is 0 Å². The van der Waals surface area contributed by atoms with Gasteiger partial charge < -0.3 is 10.6 Å². The largest absolute Gasteiger partial charge is 0.354 e. The maximum Gasteiger partial charge on any atom is 0.282 e. The number of carbonyl (C=O) groups is 2. The molecule has 2 rings (SSSR count). The molecule has 8 nitrogen and oxygen atoms in total. The van der Waals surface area contributed by atoms with Crippen molar-refractivity contribution < 1.29 is 18.4 Å². The van der Waals surface area contributed by atoms with Gasteiger partial charge in [-0.2, -0.15) is 10.2 Å². The lowest BCUT2D eigenvalue weighted by Gasteiger charge is -2.06. The number of aryl methyl sites for hydroxylation is 2. The van der Waals surface area contributed by atoms with Crippen LogP contribution in [-0.4, -0.2) is 38.4 Å². The Labute approximate surface area is 130 Å². The zero-order valence-corrected chi connectivity index (χ0v) is 12.8. The smallest absolute Gasteiger partial charge is 0.282 e. The van der Waals surface area contributed by atoms with Gasteiger partial charge >= 0.3 is 0 Å². The second-order valence-corrected chi connectivity index (χ2v) is 4.86. The summed E-state index contributed by atoms with van der Waals surface area (Å²) in [5.41, 5.74) is 0.348. The van der Waals surface area contributed by atoms with Crippen molar-refractivity contribution in [3.8, 4) is 0 Å². The number of nitrogens with one attached hydrogen (secondary N) is 2. The number of hydrogen-bond acceptors (Lipinski definition) is 4. The summed E-state index contributed by atoms with van der Waals surface area (Å²) in [4.78, 5) is 23.7. The number of nitrogens with zero attached hydrogens (tertiary/aromatic N) is 4. The number of anilines is 1. The highest BCUT2D eigenvalue weighted by atomic mass is 19.3. The zero-order valence-electron chi connectivity index (χ0n) is 12.8. The van der Waals surface area contributed by atoms with Crippen molar-refractivity contribution in [2.75, 3.05) is 12.4 Å². The van der Waals surface area contributed by atoms with E-state index in [4.69, 9.17) is 0 Å². The fourth-order valence-corrected chi connectivity index (χ4v) is 1.99. The van der Waals surface area contributed by atoms with Gasteiger partial charge in [-0.25, -0.2) is 8.78 Å². The van der Waals surface area contributed by atoms with E-state index in [1.165, 1.54) is 28.7 Å². The minimum absolute atomic E-state index is 0.0637. The van der Waals surface area contributed by atoms with E-state index < -0.39 is 18.2 Å². The number of halogens is 2. The third-order valence-electron chi connectivity index (χ3n) is 3.06. The SMILES string of the molecule is CNC(=O)c1nn(C)cc1NC(=O)Cn1nc(C(F)F)cc1C. The van der Waals surface area contributed by atoms with Gasteiger partial charge in [-0.15, -0.1) is 0 Å². The Bertz CT molecular complexity index is 737. The Hall–Kier alpha value is -2.78. The molecule has 0 aliphatic rings. The zero-order chi connectivity index (χ0) is 17.1. The maximum absolute atomic E-state index is 12.6. The maximum atomic E-state index is 12.6. The molecule has 2 N–H and O–H groups in total. The monoisotopic (exact) mass is 326 g/mol. The van der Waals surface area contributed by atoms with Crippen LogP contribution in [0.25, 0.3) is 0 Å². The molecule has 10 heteroatoms. The highest BCUT2D eigenvalue weighted by Gasteiger charge is 2.19. The molecule has 0 saturated carbocycles. The minimum Gasteiger partial charge on any atom is -0.354 e. The normalized spacial score (nSPS) is 10.9. The van der Waals surface area contributed by atoms with E-state index in [1.54, 1.807) is 14.0 Å². The molecule has 0 atom stereocenters. The molecule has 0 saturated heterocycles. The van der Waals surface area contributed by atoms with Gasteiger partial charge in [0.2, 0.25) is 5.91 Å². The highest BCUT2D eigenvalue weighted by molar-refractivity contribution is 6.02. The van der Waals surface area contributed by atoms with Crippen LogP contribution >= 0.6 is 0 Å². The minimum atomic E-state index is -2.70. The van der Waals surface area contributed by atoms with Gasteiger partial charge in [0.1, 0.15) is 12.2 Å². The predicted molar refractivity (Wildman–Crippen MR) is 77.1 cm³/mol. The molecule has 0 radical (unpaired) electrons. The molecule has 124 valence electrons. The Balaban J connectivity index is 2.13. The van der Waals surface area contributed by atoms with Gasteiger partial charge in [-0.05, 0) is 13.0 Å². The van der Waals surface area contributed by atoms with Crippen LogP contribution in [-0.2, 0) is 18.4 Å². The lowest BCUT2D eigenvalue weighted by molar-refractivity contribution is -0.117. The van der Waals surface area contributed by atoms with E-state index >= 15 is 0 Å². The second-order valence-electron chi connectivity index (χ2n) is 4.86. The summed E-state index contributed by atoms with van der Waals surface area (Å²) >= 11 is 0. The summed E-state index contributed by atoms with van der Waals surface area (Å²) in [6.45, 7) is 1.33. The Morgan fingerprint density at radius 2 is 2.04 bits per heavy atom. The highest BCUT2D eigenvalue weighted by Crippen LogP contribution is 2.18. The third-order valence-corrected chi connectivity index (χ3v) is 3.06. The Morgan fingerprint density at radius 3 is 2.61 bits per heavy atom. The van der Waals surface area contributed by atoms with E-state index in [2.05, 4.69) is 20.8 Å². The molecule has 0 aliphatic heterocycles. The first-order valence-electron chi connectivity index (χ1n) is 6.70. The molecule has 0 spiro atoms. The van der Waals surface area contributed by atoms with Crippen LogP contribution in [0.1, 0.15) is 28.3 Å². The number of amides is 2. The summed E-state index contributed by atoms with van der Waals surface area (Å²) in [7, 11) is 3.05. The first-order chi connectivity index (χ1) is 10.8. The van der Waals surface area contributed by atoms with Crippen LogP contribution in [0.15, 0.2) is 12.3 Å². The van der Waals surface area contributed by atoms with Gasteiger partial charge in [0.05, 0.1) is 5.69 Å². The van der Waals surface area contributed by atoms with E-state index in [0.29, 0.717) is 5.69 Å². The average molecular weight is 326 g/mol. The number of hydrogen-bond donors (Lipinski definition) is 2. The van der Waals surface area contributed by atoms with E-state index in [0.717, 1.165) is 0 Å². The summed E-state index contributed by atoms with van der Waals surface area (Å²) in [5.74, 6) is -0.952. The second kappa shape index (κ2) is 6.55. The molecule has 23 heavy (non-hydrogen) atoms. The first-order valence-corrected chi connectivity index (χ1v) is 6.70. The quantitative estimate of drug-likeness (QED) is 0.852. The van der Waals surface area contributed by atoms with Crippen LogP contribution < -0.4 is 10.6 Å². The van der Waals surface area contributed by atoms with Crippen LogP contribution in [0.3, 0.4) is 0 Å². The molecule has 2 aromatic heterocycles. The van der Waals surface area contributed by atoms with Crippen LogP contribution in [0, 0.1) is 6.92 Å². The van der Waals surface area contributed by atoms with Gasteiger partial charge in [-0.1, -0.05) is 0 Å². The van der Waals surface area contributed by atoms with Crippen LogP contribution in [0.2, 0.25) is 0 Å². The summed E-state index contributed by atoms with van der Waals surface area (Å²) < 4.78 is 27.7. The molecular weight excluding hydrogens is 310 g/mol. The third kappa shape index (κ3) is 3.71. The van der Waals surface area contributed by atoms with Crippen LogP contribution in [0.5, 0.6) is 0 Å². The molecule has 0 aliphatic carbocycles. The molecule has 2 heterocycles. The molecule has 0 unspecified atom stereocenters. The predicted octanol–water partition coefficient (Wildman–Crippen LogP) is 0.861. The van der Waals surface area contributed by atoms with Gasteiger partial charge in [0, 0.05) is 26.0 Å². The lowest BCUT2D eigenvalue weighted by Crippen LogP contribution is -2.24. The van der Waals surface area contributed by atoms with Crippen molar-refractivity contribution >= 4 is 17.5 Å². The van der Waals surface area contributed by atoms with Crippen molar-refractivity contribution in [2.24, 2.45) is 7.05 Å². The van der Waals surface area contributed by atoms with Crippen molar-refractivity contribution in [1.82, 2.24) is 24.9 Å². The fourth-order valence-electron chi connectivity index (χ4n) is 1.99. The number of rotatable bonds is 5. The summed E-state index contributed by atoms with van der Waals surface area (Å²) in [5, 5.41) is 12.6. The van der Waals surface area contributed by atoms with E-state index in [1.807, 2.05) is 0 Å². The molecular formula is C13H16F2N6O2. The van der Waals surface area contributed by atoms with Crippen LogP contribution in [0.4, 0.5) is 14.5 Å². The fraction of sp³-hybridized carbons (Fsp3) is 0.385. The molecule has 2 aromatic rings. The molecule has 0 fully saturated rings. The van der Waals surface area contributed by atoms with Crippen molar-refractivity contribution in [3.05, 3.63) is 29.3 Å².